The first kappa shape index (κ1) is 12.7. The van der Waals surface area contributed by atoms with Gasteiger partial charge < -0.3 is 5.73 Å². The van der Waals surface area contributed by atoms with E-state index in [1.165, 1.54) is 0 Å². The van der Waals surface area contributed by atoms with Gasteiger partial charge in [0, 0.05) is 17.1 Å². The van der Waals surface area contributed by atoms with E-state index in [0.717, 1.165) is 10.9 Å². The van der Waals surface area contributed by atoms with Crippen molar-refractivity contribution in [2.45, 2.75) is 26.3 Å². The average molecular weight is 242 g/mol. The second-order valence-corrected chi connectivity index (χ2v) is 5.01. The van der Waals surface area contributed by atoms with Crippen LogP contribution in [0, 0.1) is 5.92 Å². The van der Waals surface area contributed by atoms with Crippen LogP contribution < -0.4 is 5.73 Å². The second-order valence-electron chi connectivity index (χ2n) is 5.01. The molecular weight excluding hydrogens is 224 g/mol. The molecule has 0 aliphatic carbocycles. The lowest BCUT2D eigenvalue weighted by molar-refractivity contribution is 0.0951. The lowest BCUT2D eigenvalue weighted by Gasteiger charge is -2.13. The van der Waals surface area contributed by atoms with Gasteiger partial charge in [-0.25, -0.2) is 0 Å². The third-order valence-electron chi connectivity index (χ3n) is 2.95. The Morgan fingerprint density at radius 1 is 1.33 bits per heavy atom. The number of hydrogen-bond donors (Lipinski definition) is 1. The maximum Gasteiger partial charge on any atom is 0.179 e. The Labute approximate surface area is 107 Å². The van der Waals surface area contributed by atoms with Crippen molar-refractivity contribution < 1.29 is 4.79 Å². The molecule has 0 bridgehead atoms. The molecule has 3 heteroatoms. The lowest BCUT2D eigenvalue weighted by Crippen LogP contribution is -2.31. The van der Waals surface area contributed by atoms with Crippen molar-refractivity contribution in [3.63, 3.8) is 0 Å². The van der Waals surface area contributed by atoms with E-state index in [2.05, 4.69) is 18.8 Å². The van der Waals surface area contributed by atoms with Crippen LogP contribution in [-0.2, 0) is 0 Å². The predicted molar refractivity (Wildman–Crippen MR) is 73.5 cm³/mol. The normalized spacial score (nSPS) is 12.9. The van der Waals surface area contributed by atoms with Gasteiger partial charge in [0.1, 0.15) is 0 Å². The van der Waals surface area contributed by atoms with Gasteiger partial charge in [-0.05, 0) is 24.5 Å². The summed E-state index contributed by atoms with van der Waals surface area (Å²) in [5.41, 5.74) is 7.41. The zero-order valence-corrected chi connectivity index (χ0v) is 10.8. The first-order chi connectivity index (χ1) is 8.58. The van der Waals surface area contributed by atoms with Gasteiger partial charge in [0.15, 0.2) is 5.78 Å². The molecule has 1 unspecified atom stereocenters. The van der Waals surface area contributed by atoms with E-state index in [-0.39, 0.29) is 5.78 Å². The Morgan fingerprint density at radius 3 is 2.83 bits per heavy atom. The molecule has 1 aromatic carbocycles. The summed E-state index contributed by atoms with van der Waals surface area (Å²) in [4.78, 5) is 16.4. The molecule has 18 heavy (non-hydrogen) atoms. The highest BCUT2D eigenvalue weighted by atomic mass is 16.1. The van der Waals surface area contributed by atoms with Gasteiger partial charge in [-0.1, -0.05) is 32.0 Å². The van der Waals surface area contributed by atoms with Gasteiger partial charge in [0.2, 0.25) is 0 Å². The van der Waals surface area contributed by atoms with Crippen LogP contribution in [0.3, 0.4) is 0 Å². The van der Waals surface area contributed by atoms with Crippen LogP contribution >= 0.6 is 0 Å². The summed E-state index contributed by atoms with van der Waals surface area (Å²) < 4.78 is 0. The molecule has 2 N–H and O–H groups in total. The molecule has 1 atom stereocenters. The quantitative estimate of drug-likeness (QED) is 0.839. The zero-order chi connectivity index (χ0) is 13.1. The van der Waals surface area contributed by atoms with E-state index in [9.17, 15) is 4.79 Å². The number of nitrogens with zero attached hydrogens (tertiary/aromatic N) is 1. The number of pyridine rings is 1. The fourth-order valence-electron chi connectivity index (χ4n) is 2.05. The highest BCUT2D eigenvalue weighted by molar-refractivity contribution is 6.02. The van der Waals surface area contributed by atoms with Gasteiger partial charge in [-0.2, -0.15) is 0 Å². The summed E-state index contributed by atoms with van der Waals surface area (Å²) in [7, 11) is 0. The number of rotatable bonds is 4. The zero-order valence-electron chi connectivity index (χ0n) is 10.8. The predicted octanol–water partition coefficient (Wildman–Crippen LogP) is 2.79. The smallest absolute Gasteiger partial charge is 0.179 e. The number of aromatic nitrogens is 1. The van der Waals surface area contributed by atoms with Crippen molar-refractivity contribution in [2.24, 2.45) is 11.7 Å². The van der Waals surface area contributed by atoms with Crippen LogP contribution in [0.15, 0.2) is 36.5 Å². The molecular formula is C15H18N2O. The monoisotopic (exact) mass is 242 g/mol. The van der Waals surface area contributed by atoms with Gasteiger partial charge in [-0.15, -0.1) is 0 Å². The van der Waals surface area contributed by atoms with Crippen molar-refractivity contribution in [3.05, 3.63) is 42.1 Å². The Bertz CT molecular complexity index is 563. The van der Waals surface area contributed by atoms with E-state index >= 15 is 0 Å². The maximum absolute atomic E-state index is 12.2. The fraction of sp³-hybridized carbons (Fsp3) is 0.333. The molecule has 2 aromatic rings. The van der Waals surface area contributed by atoms with Crippen molar-refractivity contribution >= 4 is 16.7 Å². The summed E-state index contributed by atoms with van der Waals surface area (Å²) in [6.45, 7) is 4.13. The first-order valence-corrected chi connectivity index (χ1v) is 6.22. The van der Waals surface area contributed by atoms with E-state index < -0.39 is 6.04 Å². The van der Waals surface area contributed by atoms with Crippen LogP contribution in [0.4, 0.5) is 0 Å². The Balaban J connectivity index is 2.28. The molecule has 1 aromatic heterocycles. The molecule has 0 saturated heterocycles. The molecule has 3 nitrogen and oxygen atoms in total. The van der Waals surface area contributed by atoms with Crippen LogP contribution in [0.1, 0.15) is 30.6 Å². The number of benzene rings is 1. The minimum Gasteiger partial charge on any atom is -0.321 e. The van der Waals surface area contributed by atoms with Crippen molar-refractivity contribution in [1.29, 1.82) is 0 Å². The van der Waals surface area contributed by atoms with Gasteiger partial charge in [0.25, 0.3) is 0 Å². The number of fused-ring (bicyclic) bond motifs is 1. The maximum atomic E-state index is 12.2. The molecule has 0 amide bonds. The molecule has 0 spiro atoms. The Morgan fingerprint density at radius 2 is 2.11 bits per heavy atom. The molecule has 0 radical (unpaired) electrons. The average Bonchev–Trinajstić information content (AvgIpc) is 2.36. The topological polar surface area (TPSA) is 56.0 Å². The van der Waals surface area contributed by atoms with Crippen LogP contribution in [0.25, 0.3) is 10.9 Å². The molecule has 0 aliphatic rings. The number of hydrogen-bond acceptors (Lipinski definition) is 3. The highest BCUT2D eigenvalue weighted by Crippen LogP contribution is 2.16. The fourth-order valence-corrected chi connectivity index (χ4v) is 2.05. The van der Waals surface area contributed by atoms with Crippen LogP contribution in [0.5, 0.6) is 0 Å². The van der Waals surface area contributed by atoms with E-state index in [0.29, 0.717) is 17.9 Å². The number of carbonyl (C=O) groups is 1. The molecule has 0 fully saturated rings. The van der Waals surface area contributed by atoms with Gasteiger partial charge in [-0.3, -0.25) is 9.78 Å². The molecule has 94 valence electrons. The molecule has 0 saturated carbocycles. The Hall–Kier alpha value is -1.74. The van der Waals surface area contributed by atoms with Crippen molar-refractivity contribution in [1.82, 2.24) is 4.98 Å². The third-order valence-corrected chi connectivity index (χ3v) is 2.95. The van der Waals surface area contributed by atoms with Gasteiger partial charge >= 0.3 is 0 Å². The number of Topliss-reactive ketones (excluding diaryl/α,β-unsaturated/α-hetero) is 1. The minimum atomic E-state index is -0.425. The summed E-state index contributed by atoms with van der Waals surface area (Å²) in [6, 6.07) is 8.99. The summed E-state index contributed by atoms with van der Waals surface area (Å²) in [5, 5.41) is 1.03. The Kier molecular flexibility index (Phi) is 3.72. The van der Waals surface area contributed by atoms with Crippen LogP contribution in [-0.4, -0.2) is 16.8 Å². The summed E-state index contributed by atoms with van der Waals surface area (Å²) in [6.07, 6.45) is 2.43. The lowest BCUT2D eigenvalue weighted by atomic mass is 9.96. The van der Waals surface area contributed by atoms with Crippen molar-refractivity contribution in [2.75, 3.05) is 0 Å². The van der Waals surface area contributed by atoms with E-state index in [1.807, 2.05) is 30.3 Å². The van der Waals surface area contributed by atoms with Crippen LogP contribution in [0.2, 0.25) is 0 Å². The minimum absolute atomic E-state index is 0.00347. The van der Waals surface area contributed by atoms with Crippen molar-refractivity contribution in [3.8, 4) is 0 Å². The summed E-state index contributed by atoms with van der Waals surface area (Å²) >= 11 is 0. The number of nitrogens with two attached hydrogens (primary N) is 1. The number of carbonyl (C=O) groups excluding carboxylic acids is 1. The molecule has 0 aliphatic heterocycles. The molecule has 1 heterocycles. The van der Waals surface area contributed by atoms with E-state index in [1.54, 1.807) is 6.20 Å². The SMILES string of the molecule is CC(C)CC(N)C(=O)c1ccc2cccnc2c1. The summed E-state index contributed by atoms with van der Waals surface area (Å²) in [5.74, 6) is 0.416. The van der Waals surface area contributed by atoms with E-state index in [4.69, 9.17) is 5.73 Å². The highest BCUT2D eigenvalue weighted by Gasteiger charge is 2.17. The standard InChI is InChI=1S/C15H18N2O/c1-10(2)8-13(16)15(18)12-6-5-11-4-3-7-17-14(11)9-12/h3-7,9-10,13H,8,16H2,1-2H3. The molecule has 2 rings (SSSR count). The first-order valence-electron chi connectivity index (χ1n) is 6.22. The van der Waals surface area contributed by atoms with Gasteiger partial charge in [0.05, 0.1) is 11.6 Å². The number of ketones is 1. The second kappa shape index (κ2) is 5.27. The largest absolute Gasteiger partial charge is 0.321 e. The third kappa shape index (κ3) is 2.74.